The monoisotopic (exact) mass is 224 g/mol. The van der Waals surface area contributed by atoms with E-state index in [0.29, 0.717) is 6.54 Å². The van der Waals surface area contributed by atoms with Crippen LogP contribution in [0, 0.1) is 0 Å². The van der Waals surface area contributed by atoms with Crippen molar-refractivity contribution in [3.63, 3.8) is 0 Å². The molecule has 5 nitrogen and oxygen atoms in total. The van der Waals surface area contributed by atoms with Crippen LogP contribution in [0.25, 0.3) is 0 Å². The lowest BCUT2D eigenvalue weighted by atomic mass is 10.3. The van der Waals surface area contributed by atoms with Crippen molar-refractivity contribution in [3.05, 3.63) is 24.0 Å². The molecule has 1 aromatic heterocycles. The van der Waals surface area contributed by atoms with Crippen LogP contribution in [0.15, 0.2) is 18.5 Å². The Balaban J connectivity index is 2.40. The normalized spacial score (nSPS) is 10.1. The van der Waals surface area contributed by atoms with Gasteiger partial charge in [-0.15, -0.1) is 0 Å². The fourth-order valence-corrected chi connectivity index (χ4v) is 1.29. The molecule has 0 aromatic carbocycles. The van der Waals surface area contributed by atoms with Crippen LogP contribution in [0.1, 0.15) is 30.1 Å². The molecule has 0 aliphatic carbocycles. The van der Waals surface area contributed by atoms with Gasteiger partial charge < -0.3 is 15.0 Å². The predicted octanol–water partition coefficient (Wildman–Crippen LogP) is 1.10. The molecule has 0 aliphatic heterocycles. The summed E-state index contributed by atoms with van der Waals surface area (Å²) < 4.78 is 1.56. The molecule has 88 valence electrons. The number of carboxylic acids is 1. The van der Waals surface area contributed by atoms with Crippen LogP contribution in [-0.2, 0) is 11.3 Å². The second-order valence-corrected chi connectivity index (χ2v) is 3.58. The van der Waals surface area contributed by atoms with E-state index >= 15 is 0 Å². The highest BCUT2D eigenvalue weighted by atomic mass is 16.4. The van der Waals surface area contributed by atoms with Gasteiger partial charge in [0.15, 0.2) is 0 Å². The van der Waals surface area contributed by atoms with Crippen molar-refractivity contribution in [1.82, 2.24) is 9.88 Å². The van der Waals surface area contributed by atoms with E-state index in [1.807, 2.05) is 0 Å². The fraction of sp³-hybridized carbons (Fsp3) is 0.455. The SMILES string of the molecule is CCCCNC(=O)Cn1ccc(C(=O)O)c1. The number of carbonyl (C=O) groups is 2. The molecule has 1 amide bonds. The molecule has 1 heterocycles. The zero-order valence-corrected chi connectivity index (χ0v) is 9.27. The Morgan fingerprint density at radius 2 is 2.25 bits per heavy atom. The van der Waals surface area contributed by atoms with Gasteiger partial charge in [-0.2, -0.15) is 0 Å². The molecule has 0 atom stereocenters. The van der Waals surface area contributed by atoms with Crippen molar-refractivity contribution in [2.24, 2.45) is 0 Å². The lowest BCUT2D eigenvalue weighted by Gasteiger charge is -2.04. The van der Waals surface area contributed by atoms with Gasteiger partial charge in [-0.25, -0.2) is 4.79 Å². The third kappa shape index (κ3) is 3.76. The number of nitrogens with zero attached hydrogens (tertiary/aromatic N) is 1. The maximum atomic E-state index is 11.4. The molecule has 0 aliphatic rings. The minimum atomic E-state index is -0.981. The second-order valence-electron chi connectivity index (χ2n) is 3.58. The van der Waals surface area contributed by atoms with Crippen LogP contribution in [0.4, 0.5) is 0 Å². The highest BCUT2D eigenvalue weighted by Crippen LogP contribution is 2.00. The van der Waals surface area contributed by atoms with Gasteiger partial charge in [0.25, 0.3) is 0 Å². The molecule has 16 heavy (non-hydrogen) atoms. The third-order valence-electron chi connectivity index (χ3n) is 2.18. The maximum absolute atomic E-state index is 11.4. The number of carbonyl (C=O) groups excluding carboxylic acids is 1. The molecule has 0 fully saturated rings. The van der Waals surface area contributed by atoms with Gasteiger partial charge in [-0.1, -0.05) is 13.3 Å². The first-order chi connectivity index (χ1) is 7.63. The summed E-state index contributed by atoms with van der Waals surface area (Å²) in [5, 5.41) is 11.5. The highest BCUT2D eigenvalue weighted by molar-refractivity contribution is 5.87. The van der Waals surface area contributed by atoms with E-state index in [1.165, 1.54) is 12.3 Å². The number of hydrogen-bond donors (Lipinski definition) is 2. The number of carboxylic acid groups (broad SMARTS) is 1. The van der Waals surface area contributed by atoms with Crippen molar-refractivity contribution in [2.45, 2.75) is 26.3 Å². The Morgan fingerprint density at radius 1 is 1.50 bits per heavy atom. The van der Waals surface area contributed by atoms with Crippen molar-refractivity contribution < 1.29 is 14.7 Å². The van der Waals surface area contributed by atoms with E-state index in [0.717, 1.165) is 12.8 Å². The molecule has 0 spiro atoms. The van der Waals surface area contributed by atoms with Gasteiger partial charge in [-0.3, -0.25) is 4.79 Å². The van der Waals surface area contributed by atoms with Crippen LogP contribution >= 0.6 is 0 Å². The zero-order chi connectivity index (χ0) is 12.0. The van der Waals surface area contributed by atoms with Crippen LogP contribution in [0.2, 0.25) is 0 Å². The van der Waals surface area contributed by atoms with Gasteiger partial charge in [0, 0.05) is 18.9 Å². The maximum Gasteiger partial charge on any atom is 0.337 e. The molecule has 0 unspecified atom stereocenters. The van der Waals surface area contributed by atoms with Crippen molar-refractivity contribution in [3.8, 4) is 0 Å². The minimum absolute atomic E-state index is 0.0963. The summed E-state index contributed by atoms with van der Waals surface area (Å²) >= 11 is 0. The standard InChI is InChI=1S/C11H16N2O3/c1-2-3-5-12-10(14)8-13-6-4-9(7-13)11(15)16/h4,6-7H,2-3,5,8H2,1H3,(H,12,14)(H,15,16). The topological polar surface area (TPSA) is 71.3 Å². The molecule has 0 radical (unpaired) electrons. The summed E-state index contributed by atoms with van der Waals surface area (Å²) in [4.78, 5) is 22.0. The average Bonchev–Trinajstić information content (AvgIpc) is 2.66. The van der Waals surface area contributed by atoms with E-state index in [4.69, 9.17) is 5.11 Å². The Morgan fingerprint density at radius 3 is 2.81 bits per heavy atom. The lowest BCUT2D eigenvalue weighted by Crippen LogP contribution is -2.27. The molecule has 0 saturated heterocycles. The molecular formula is C11H16N2O3. The van der Waals surface area contributed by atoms with Crippen molar-refractivity contribution >= 4 is 11.9 Å². The highest BCUT2D eigenvalue weighted by Gasteiger charge is 2.06. The smallest absolute Gasteiger partial charge is 0.337 e. The number of rotatable bonds is 6. The Hall–Kier alpha value is -1.78. The van der Waals surface area contributed by atoms with Crippen LogP contribution in [0.3, 0.4) is 0 Å². The Kier molecular flexibility index (Phi) is 4.57. The van der Waals surface area contributed by atoms with Gasteiger partial charge in [0.1, 0.15) is 6.54 Å². The predicted molar refractivity (Wildman–Crippen MR) is 59.3 cm³/mol. The number of nitrogens with one attached hydrogen (secondary N) is 1. The molecular weight excluding hydrogens is 208 g/mol. The van der Waals surface area contributed by atoms with E-state index < -0.39 is 5.97 Å². The molecule has 5 heteroatoms. The number of aromatic carboxylic acids is 1. The van der Waals surface area contributed by atoms with Crippen LogP contribution in [0.5, 0.6) is 0 Å². The van der Waals surface area contributed by atoms with Gasteiger partial charge in [0.2, 0.25) is 5.91 Å². The van der Waals surface area contributed by atoms with E-state index in [2.05, 4.69) is 12.2 Å². The number of amides is 1. The van der Waals surface area contributed by atoms with Gasteiger partial charge >= 0.3 is 5.97 Å². The van der Waals surface area contributed by atoms with Crippen LogP contribution < -0.4 is 5.32 Å². The molecule has 1 aromatic rings. The molecule has 0 saturated carbocycles. The first-order valence-electron chi connectivity index (χ1n) is 5.29. The number of aromatic nitrogens is 1. The number of unbranched alkanes of at least 4 members (excludes halogenated alkanes) is 1. The summed E-state index contributed by atoms with van der Waals surface area (Å²) in [5.41, 5.74) is 0.196. The summed E-state index contributed by atoms with van der Waals surface area (Å²) in [6.45, 7) is 2.89. The summed E-state index contributed by atoms with van der Waals surface area (Å²) in [6.07, 6.45) is 5.02. The minimum Gasteiger partial charge on any atom is -0.478 e. The zero-order valence-electron chi connectivity index (χ0n) is 9.27. The summed E-state index contributed by atoms with van der Waals surface area (Å²) in [5.74, 6) is -1.08. The first-order valence-corrected chi connectivity index (χ1v) is 5.29. The lowest BCUT2D eigenvalue weighted by molar-refractivity contribution is -0.121. The molecule has 1 rings (SSSR count). The fourth-order valence-electron chi connectivity index (χ4n) is 1.29. The Bertz CT molecular complexity index is 371. The van der Waals surface area contributed by atoms with E-state index in [9.17, 15) is 9.59 Å². The largest absolute Gasteiger partial charge is 0.478 e. The van der Waals surface area contributed by atoms with Gasteiger partial charge in [0.05, 0.1) is 5.56 Å². The second kappa shape index (κ2) is 5.95. The third-order valence-corrected chi connectivity index (χ3v) is 2.18. The van der Waals surface area contributed by atoms with Crippen molar-refractivity contribution in [2.75, 3.05) is 6.54 Å². The van der Waals surface area contributed by atoms with Crippen LogP contribution in [-0.4, -0.2) is 28.1 Å². The van der Waals surface area contributed by atoms with Gasteiger partial charge in [-0.05, 0) is 12.5 Å². The van der Waals surface area contributed by atoms with E-state index in [-0.39, 0.29) is 18.0 Å². The quantitative estimate of drug-likeness (QED) is 0.711. The molecule has 2 N–H and O–H groups in total. The summed E-state index contributed by atoms with van der Waals surface area (Å²) in [6, 6.07) is 1.47. The average molecular weight is 224 g/mol. The summed E-state index contributed by atoms with van der Waals surface area (Å²) in [7, 11) is 0. The van der Waals surface area contributed by atoms with E-state index in [1.54, 1.807) is 10.8 Å². The first kappa shape index (κ1) is 12.3. The number of hydrogen-bond acceptors (Lipinski definition) is 2. The molecule has 0 bridgehead atoms. The Labute approximate surface area is 94.1 Å². The van der Waals surface area contributed by atoms with Crippen molar-refractivity contribution in [1.29, 1.82) is 0 Å².